The van der Waals surface area contributed by atoms with Crippen molar-refractivity contribution >= 4 is 49.7 Å². The van der Waals surface area contributed by atoms with Gasteiger partial charge < -0.3 is 5.32 Å². The Morgan fingerprint density at radius 1 is 0.808 bits per heavy atom. The third-order valence-electron chi connectivity index (χ3n) is 4.11. The summed E-state index contributed by atoms with van der Waals surface area (Å²) >= 11 is 1.25. The maximum atomic E-state index is 12.5. The second kappa shape index (κ2) is 6.59. The van der Waals surface area contributed by atoms with Gasteiger partial charge in [-0.1, -0.05) is 36.4 Å². The van der Waals surface area contributed by atoms with Crippen LogP contribution in [0.5, 0.6) is 0 Å². The lowest BCUT2D eigenvalue weighted by molar-refractivity contribution is 0.0711. The minimum Gasteiger partial charge on any atom is -0.322 e. The Morgan fingerprint density at radius 2 is 1.58 bits per heavy atom. The number of carbonyl (C=O) groups excluding carboxylic acids is 2. The molecule has 6 heteroatoms. The summed E-state index contributed by atoms with van der Waals surface area (Å²) in [6, 6.07) is 20.6. The molecule has 128 valence electrons. The van der Waals surface area contributed by atoms with Crippen LogP contribution in [0.15, 0.2) is 66.7 Å². The number of amides is 2. The molecule has 0 aliphatic carbocycles. The van der Waals surface area contributed by atoms with Crippen molar-refractivity contribution in [2.24, 2.45) is 0 Å². The van der Waals surface area contributed by atoms with Gasteiger partial charge >= 0.3 is 0 Å². The smallest absolute Gasteiger partial charge is 0.284 e. The molecule has 0 saturated carbocycles. The minimum absolute atomic E-state index is 0.194. The summed E-state index contributed by atoms with van der Waals surface area (Å²) in [5.41, 5.74) is 2.85. The molecular formula is C20H14N2O3S. The molecule has 26 heavy (non-hydrogen) atoms. The van der Waals surface area contributed by atoms with Crippen molar-refractivity contribution < 1.29 is 14.8 Å². The van der Waals surface area contributed by atoms with Crippen molar-refractivity contribution in [2.45, 2.75) is 0 Å². The number of fused-ring (bicyclic) bond motifs is 2. The maximum absolute atomic E-state index is 12.5. The second-order valence-electron chi connectivity index (χ2n) is 5.82. The van der Waals surface area contributed by atoms with Gasteiger partial charge in [0, 0.05) is 16.0 Å². The predicted octanol–water partition coefficient (Wildman–Crippen LogP) is 4.43. The zero-order chi connectivity index (χ0) is 18.1. The number of thiophene rings is 1. The van der Waals surface area contributed by atoms with Crippen LogP contribution in [0.2, 0.25) is 0 Å². The molecule has 2 amide bonds. The Bertz CT molecular complexity index is 1150. The van der Waals surface area contributed by atoms with Gasteiger partial charge in [-0.2, -0.15) is 0 Å². The average Bonchev–Trinajstić information content (AvgIpc) is 3.10. The van der Waals surface area contributed by atoms with Gasteiger partial charge in [-0.3, -0.25) is 14.8 Å². The van der Waals surface area contributed by atoms with Crippen molar-refractivity contribution in [3.05, 3.63) is 77.2 Å². The zero-order valence-corrected chi connectivity index (χ0v) is 14.3. The molecule has 0 aliphatic rings. The van der Waals surface area contributed by atoms with Crippen LogP contribution >= 0.6 is 11.3 Å². The van der Waals surface area contributed by atoms with Crippen molar-refractivity contribution in [3.63, 3.8) is 0 Å². The first-order valence-electron chi connectivity index (χ1n) is 7.92. The number of hydroxylamine groups is 1. The standard InChI is InChI=1S/C20H14N2O3S/c23-19(15-6-5-12-3-1-2-4-13(12)9-15)21-16-8-7-14-10-18(20(24)22-25)26-17(14)11-16/h1-11,25H,(H,21,23)(H,22,24). The fourth-order valence-electron chi connectivity index (χ4n) is 2.81. The molecule has 1 aromatic heterocycles. The van der Waals surface area contributed by atoms with Gasteiger partial charge in [-0.05, 0) is 46.5 Å². The van der Waals surface area contributed by atoms with Crippen LogP contribution in [-0.2, 0) is 0 Å². The molecule has 0 bridgehead atoms. The van der Waals surface area contributed by atoms with E-state index in [0.717, 1.165) is 20.9 Å². The minimum atomic E-state index is -0.548. The SMILES string of the molecule is O=C(Nc1ccc2cc(C(=O)NO)sc2c1)c1ccc2ccccc2c1. The lowest BCUT2D eigenvalue weighted by Crippen LogP contribution is -2.16. The number of nitrogens with one attached hydrogen (secondary N) is 2. The molecule has 0 aliphatic heterocycles. The number of rotatable bonds is 3. The fraction of sp³-hybridized carbons (Fsp3) is 0. The Kier molecular flexibility index (Phi) is 4.12. The van der Waals surface area contributed by atoms with Gasteiger partial charge in [-0.15, -0.1) is 11.3 Å². The first-order valence-corrected chi connectivity index (χ1v) is 8.74. The van der Waals surface area contributed by atoms with Crippen LogP contribution in [0.1, 0.15) is 20.0 Å². The van der Waals surface area contributed by atoms with Crippen molar-refractivity contribution in [1.82, 2.24) is 5.48 Å². The van der Waals surface area contributed by atoms with Gasteiger partial charge in [-0.25, -0.2) is 5.48 Å². The number of hydrogen-bond acceptors (Lipinski definition) is 4. The molecule has 4 aromatic rings. The molecule has 0 saturated heterocycles. The molecule has 0 atom stereocenters. The van der Waals surface area contributed by atoms with Gasteiger partial charge in [0.05, 0.1) is 4.88 Å². The second-order valence-corrected chi connectivity index (χ2v) is 6.90. The largest absolute Gasteiger partial charge is 0.322 e. The van der Waals surface area contributed by atoms with Crippen LogP contribution in [0.3, 0.4) is 0 Å². The number of carbonyl (C=O) groups is 2. The fourth-order valence-corrected chi connectivity index (χ4v) is 3.80. The molecule has 0 radical (unpaired) electrons. The Balaban J connectivity index is 1.60. The van der Waals surface area contributed by atoms with Crippen molar-refractivity contribution in [3.8, 4) is 0 Å². The van der Waals surface area contributed by atoms with E-state index in [9.17, 15) is 9.59 Å². The topological polar surface area (TPSA) is 78.4 Å². The third kappa shape index (κ3) is 3.03. The average molecular weight is 362 g/mol. The zero-order valence-electron chi connectivity index (χ0n) is 13.5. The summed E-state index contributed by atoms with van der Waals surface area (Å²) in [4.78, 5) is 24.5. The molecule has 1 heterocycles. The highest BCUT2D eigenvalue weighted by Crippen LogP contribution is 2.28. The van der Waals surface area contributed by atoms with Gasteiger partial charge in [0.1, 0.15) is 0 Å². The van der Waals surface area contributed by atoms with Crippen molar-refractivity contribution in [2.75, 3.05) is 5.32 Å². The summed E-state index contributed by atoms with van der Waals surface area (Å²) in [5, 5.41) is 14.6. The summed E-state index contributed by atoms with van der Waals surface area (Å²) < 4.78 is 0.847. The first kappa shape index (κ1) is 16.3. The first-order chi connectivity index (χ1) is 12.6. The molecule has 0 unspecified atom stereocenters. The Labute approximate surface area is 152 Å². The lowest BCUT2D eigenvalue weighted by Gasteiger charge is -2.06. The quantitative estimate of drug-likeness (QED) is 0.373. The molecule has 0 spiro atoms. The van der Waals surface area contributed by atoms with Crippen LogP contribution in [0, 0.1) is 0 Å². The molecule has 4 rings (SSSR count). The van der Waals surface area contributed by atoms with E-state index >= 15 is 0 Å². The third-order valence-corrected chi connectivity index (χ3v) is 5.21. The van der Waals surface area contributed by atoms with Crippen LogP contribution < -0.4 is 10.8 Å². The Morgan fingerprint density at radius 3 is 2.38 bits per heavy atom. The highest BCUT2D eigenvalue weighted by Gasteiger charge is 2.11. The number of hydrogen-bond donors (Lipinski definition) is 3. The lowest BCUT2D eigenvalue weighted by atomic mass is 10.1. The highest BCUT2D eigenvalue weighted by atomic mass is 32.1. The van der Waals surface area contributed by atoms with Gasteiger partial charge in [0.25, 0.3) is 11.8 Å². The van der Waals surface area contributed by atoms with E-state index in [-0.39, 0.29) is 5.91 Å². The molecule has 3 N–H and O–H groups in total. The van der Waals surface area contributed by atoms with Crippen molar-refractivity contribution in [1.29, 1.82) is 0 Å². The van der Waals surface area contributed by atoms with E-state index in [1.165, 1.54) is 11.3 Å². The predicted molar refractivity (Wildman–Crippen MR) is 103 cm³/mol. The number of benzene rings is 3. The maximum Gasteiger partial charge on any atom is 0.284 e. The molecular weight excluding hydrogens is 348 g/mol. The van der Waals surface area contributed by atoms with Crippen LogP contribution in [0.4, 0.5) is 5.69 Å². The summed E-state index contributed by atoms with van der Waals surface area (Å²) in [6.45, 7) is 0. The highest BCUT2D eigenvalue weighted by molar-refractivity contribution is 7.20. The Hall–Kier alpha value is -3.22. The summed E-state index contributed by atoms with van der Waals surface area (Å²) in [7, 11) is 0. The molecule has 5 nitrogen and oxygen atoms in total. The van der Waals surface area contributed by atoms with E-state index in [0.29, 0.717) is 16.1 Å². The van der Waals surface area contributed by atoms with Crippen LogP contribution in [0.25, 0.3) is 20.9 Å². The number of anilines is 1. The van der Waals surface area contributed by atoms with E-state index < -0.39 is 5.91 Å². The van der Waals surface area contributed by atoms with E-state index in [1.807, 2.05) is 48.5 Å². The normalized spacial score (nSPS) is 10.8. The van der Waals surface area contributed by atoms with Crippen LogP contribution in [-0.4, -0.2) is 17.0 Å². The molecule has 0 fully saturated rings. The van der Waals surface area contributed by atoms with Gasteiger partial charge in [0.2, 0.25) is 0 Å². The summed E-state index contributed by atoms with van der Waals surface area (Å²) in [6.07, 6.45) is 0. The monoisotopic (exact) mass is 362 g/mol. The van der Waals surface area contributed by atoms with E-state index in [4.69, 9.17) is 5.21 Å². The summed E-state index contributed by atoms with van der Waals surface area (Å²) in [5.74, 6) is -0.743. The van der Waals surface area contributed by atoms with E-state index in [2.05, 4.69) is 5.32 Å². The molecule has 3 aromatic carbocycles. The van der Waals surface area contributed by atoms with Gasteiger partial charge in [0.15, 0.2) is 0 Å². The van der Waals surface area contributed by atoms with E-state index in [1.54, 1.807) is 23.7 Å².